The minimum atomic E-state index is -0.429. The zero-order valence-electron chi connectivity index (χ0n) is 3.91. The van der Waals surface area contributed by atoms with Crippen LogP contribution in [-0.4, -0.2) is 26.1 Å². The number of alkyl halides is 1. The predicted molar refractivity (Wildman–Crippen MR) is 24.5 cm³/mol. The Morgan fingerprint density at radius 1 is 1.71 bits per heavy atom. The fraction of sp³-hybridized carbons (Fsp3) is 0.750. The van der Waals surface area contributed by atoms with E-state index in [-0.39, 0.29) is 13.1 Å². The zero-order valence-corrected chi connectivity index (χ0v) is 3.91. The molecule has 0 saturated carbocycles. The van der Waals surface area contributed by atoms with Gasteiger partial charge in [-0.3, -0.25) is 4.79 Å². The van der Waals surface area contributed by atoms with Crippen LogP contribution in [0, 0.1) is 0 Å². The Hall–Kier alpha value is -0.440. The third kappa shape index (κ3) is 5.56. The number of hydrogen-bond acceptors (Lipinski definition) is 2. The Morgan fingerprint density at radius 2 is 2.43 bits per heavy atom. The first-order chi connectivity index (χ1) is 3.41. The molecule has 0 aromatic rings. The Labute approximate surface area is 41.7 Å². The smallest absolute Gasteiger partial charge is 0.213 e. The van der Waals surface area contributed by atoms with Gasteiger partial charge in [0.05, 0.1) is 6.54 Å². The molecule has 3 heteroatoms. The summed E-state index contributed by atoms with van der Waals surface area (Å²) in [5.41, 5.74) is 0. The molecular weight excluding hydrogens is 97.0 g/mol. The molecule has 0 atom stereocenters. The molecule has 2 nitrogen and oxygen atoms in total. The molecule has 0 amide bonds. The summed E-state index contributed by atoms with van der Waals surface area (Å²) >= 11 is 0. The van der Waals surface area contributed by atoms with E-state index >= 15 is 0 Å². The molecule has 0 rings (SSSR count). The third-order valence-electron chi connectivity index (χ3n) is 0.468. The van der Waals surface area contributed by atoms with Crippen molar-refractivity contribution in [2.75, 3.05) is 19.8 Å². The van der Waals surface area contributed by atoms with Gasteiger partial charge in [-0.15, -0.1) is 0 Å². The maximum Gasteiger partial charge on any atom is 0.213 e. The summed E-state index contributed by atoms with van der Waals surface area (Å²) in [5, 5.41) is 2.49. The lowest BCUT2D eigenvalue weighted by atomic mass is 10.6. The highest BCUT2D eigenvalue weighted by molar-refractivity contribution is 5.52. The normalized spacial score (nSPS) is 8.71. The second-order valence-corrected chi connectivity index (χ2v) is 1.01. The number of carbonyl (C=O) groups excluding carboxylic acids is 1. The van der Waals surface area contributed by atoms with Gasteiger partial charge < -0.3 is 5.32 Å². The molecule has 0 aromatic carbocycles. The van der Waals surface area contributed by atoms with E-state index in [1.54, 1.807) is 6.29 Å². The van der Waals surface area contributed by atoms with Crippen molar-refractivity contribution in [3.05, 3.63) is 0 Å². The predicted octanol–water partition coefficient (Wildman–Crippen LogP) is -0.345. The van der Waals surface area contributed by atoms with E-state index in [1.165, 1.54) is 0 Å². The van der Waals surface area contributed by atoms with Gasteiger partial charge in [-0.05, 0) is 0 Å². The highest BCUT2D eigenvalue weighted by Gasteiger charge is 1.79. The van der Waals surface area contributed by atoms with E-state index in [0.29, 0.717) is 0 Å². The van der Waals surface area contributed by atoms with Gasteiger partial charge in [0.1, 0.15) is 6.67 Å². The Bertz CT molecular complexity index is 49.0. The molecule has 0 spiro atoms. The van der Waals surface area contributed by atoms with Gasteiger partial charge >= 0.3 is 0 Å². The van der Waals surface area contributed by atoms with Crippen LogP contribution in [0.1, 0.15) is 0 Å². The molecule has 41 valence electrons. The number of nitrogens with one attached hydrogen (secondary N) is 1. The second-order valence-electron chi connectivity index (χ2n) is 1.01. The maximum atomic E-state index is 11.1. The van der Waals surface area contributed by atoms with Crippen molar-refractivity contribution in [1.82, 2.24) is 5.32 Å². The molecule has 1 radical (unpaired) electrons. The van der Waals surface area contributed by atoms with Crippen molar-refractivity contribution in [1.29, 1.82) is 0 Å². The molecule has 7 heavy (non-hydrogen) atoms. The van der Waals surface area contributed by atoms with Gasteiger partial charge in [-0.1, -0.05) is 0 Å². The van der Waals surface area contributed by atoms with Crippen LogP contribution in [0.5, 0.6) is 0 Å². The average molecular weight is 104 g/mol. The maximum absolute atomic E-state index is 11.1. The minimum Gasteiger partial charge on any atom is -0.307 e. The first-order valence-corrected chi connectivity index (χ1v) is 2.03. The van der Waals surface area contributed by atoms with Gasteiger partial charge in [-0.2, -0.15) is 0 Å². The molecule has 0 aliphatic heterocycles. The zero-order chi connectivity index (χ0) is 5.54. The van der Waals surface area contributed by atoms with E-state index in [4.69, 9.17) is 0 Å². The highest BCUT2D eigenvalue weighted by Crippen LogP contribution is 1.59. The SMILES string of the molecule is O=[C]CNCCF. The lowest BCUT2D eigenvalue weighted by Gasteiger charge is -1.88. The van der Waals surface area contributed by atoms with E-state index in [1.807, 2.05) is 0 Å². The summed E-state index contributed by atoms with van der Waals surface area (Å²) in [4.78, 5) is 9.37. The monoisotopic (exact) mass is 104 g/mol. The van der Waals surface area contributed by atoms with Crippen LogP contribution >= 0.6 is 0 Å². The quantitative estimate of drug-likeness (QED) is 0.494. The molecule has 1 N–H and O–H groups in total. The Kier molecular flexibility index (Phi) is 5.21. The van der Waals surface area contributed by atoms with E-state index in [0.717, 1.165) is 0 Å². The van der Waals surface area contributed by atoms with Crippen LogP contribution in [-0.2, 0) is 4.79 Å². The summed E-state index contributed by atoms with van der Waals surface area (Å²) in [7, 11) is 0. The van der Waals surface area contributed by atoms with Crippen LogP contribution < -0.4 is 5.32 Å². The average Bonchev–Trinajstić information content (AvgIpc) is 1.69. The Morgan fingerprint density at radius 3 is 2.86 bits per heavy atom. The second kappa shape index (κ2) is 5.56. The van der Waals surface area contributed by atoms with Crippen molar-refractivity contribution in [2.24, 2.45) is 0 Å². The van der Waals surface area contributed by atoms with Gasteiger partial charge in [0.2, 0.25) is 6.29 Å². The van der Waals surface area contributed by atoms with E-state index in [9.17, 15) is 9.18 Å². The lowest BCUT2D eigenvalue weighted by molar-refractivity contribution is 0.473. The van der Waals surface area contributed by atoms with Crippen LogP contribution in [0.3, 0.4) is 0 Å². The summed E-state index contributed by atoms with van der Waals surface area (Å²) in [6, 6.07) is 0. The van der Waals surface area contributed by atoms with Crippen LogP contribution in [0.4, 0.5) is 4.39 Å². The first kappa shape index (κ1) is 6.56. The lowest BCUT2D eigenvalue weighted by Crippen LogP contribution is -2.18. The fourth-order valence-electron chi connectivity index (χ4n) is 0.206. The number of hydrogen-bond donors (Lipinski definition) is 1. The van der Waals surface area contributed by atoms with Crippen molar-refractivity contribution in [3.8, 4) is 0 Å². The summed E-state index contributed by atoms with van der Waals surface area (Å²) in [5.74, 6) is 0. The van der Waals surface area contributed by atoms with Crippen molar-refractivity contribution >= 4 is 6.29 Å². The molecule has 0 aliphatic rings. The molecule has 0 bridgehead atoms. The molecule has 0 aromatic heterocycles. The number of halogens is 1. The molecule has 0 fully saturated rings. The molecule has 0 heterocycles. The van der Waals surface area contributed by atoms with Crippen LogP contribution in [0.25, 0.3) is 0 Å². The van der Waals surface area contributed by atoms with E-state index in [2.05, 4.69) is 5.32 Å². The first-order valence-electron chi connectivity index (χ1n) is 2.03. The molecule has 0 unspecified atom stereocenters. The molecule has 0 aliphatic carbocycles. The molecular formula is C4H7FNO. The van der Waals surface area contributed by atoms with Gasteiger partial charge in [0, 0.05) is 6.54 Å². The largest absolute Gasteiger partial charge is 0.307 e. The number of rotatable bonds is 4. The fourth-order valence-corrected chi connectivity index (χ4v) is 0.206. The van der Waals surface area contributed by atoms with Gasteiger partial charge in [0.25, 0.3) is 0 Å². The summed E-state index contributed by atoms with van der Waals surface area (Å²) in [6.45, 7) is -0.0547. The van der Waals surface area contributed by atoms with Crippen molar-refractivity contribution < 1.29 is 9.18 Å². The van der Waals surface area contributed by atoms with Gasteiger partial charge in [0.15, 0.2) is 0 Å². The van der Waals surface area contributed by atoms with Crippen molar-refractivity contribution in [2.45, 2.75) is 0 Å². The highest BCUT2D eigenvalue weighted by atomic mass is 19.1. The van der Waals surface area contributed by atoms with Crippen LogP contribution in [0.15, 0.2) is 0 Å². The Balaban J connectivity index is 2.56. The van der Waals surface area contributed by atoms with E-state index < -0.39 is 6.67 Å². The third-order valence-corrected chi connectivity index (χ3v) is 0.468. The summed E-state index contributed by atoms with van der Waals surface area (Å²) < 4.78 is 11.1. The molecule has 0 saturated heterocycles. The topological polar surface area (TPSA) is 29.1 Å². The van der Waals surface area contributed by atoms with Gasteiger partial charge in [-0.25, -0.2) is 4.39 Å². The minimum absolute atomic E-state index is 0.129. The van der Waals surface area contributed by atoms with Crippen molar-refractivity contribution in [3.63, 3.8) is 0 Å². The standard InChI is InChI=1S/C4H7FNO/c5-1-2-6-3-4-7/h6H,1-3H2. The van der Waals surface area contributed by atoms with Crippen LogP contribution in [0.2, 0.25) is 0 Å². The summed E-state index contributed by atoms with van der Waals surface area (Å²) in [6.07, 6.45) is 1.57.